The molecule has 1 saturated carbocycles. The third-order valence-electron chi connectivity index (χ3n) is 3.19. The van der Waals surface area contributed by atoms with Gasteiger partial charge in [-0.2, -0.15) is 0 Å². The standard InChI is InChI=1S/C14H19ClN2O2.ClH/c1-8-6-12(13(19-3)7-11(8)15)17-14(18)9(2)16-10-4-5-10;/h6-7,9-10,16H,4-5H2,1-3H3,(H,17,18);1H. The first-order valence-corrected chi connectivity index (χ1v) is 6.80. The molecule has 0 saturated heterocycles. The summed E-state index contributed by atoms with van der Waals surface area (Å²) in [4.78, 5) is 12.1. The molecule has 1 amide bonds. The van der Waals surface area contributed by atoms with Gasteiger partial charge in [0.2, 0.25) is 5.91 Å². The van der Waals surface area contributed by atoms with Gasteiger partial charge >= 0.3 is 0 Å². The molecule has 2 N–H and O–H groups in total. The fourth-order valence-corrected chi connectivity index (χ4v) is 2.00. The van der Waals surface area contributed by atoms with Gasteiger partial charge in [-0.1, -0.05) is 11.6 Å². The van der Waals surface area contributed by atoms with Gasteiger partial charge in [-0.3, -0.25) is 4.79 Å². The maximum Gasteiger partial charge on any atom is 0.241 e. The van der Waals surface area contributed by atoms with Crippen molar-refractivity contribution in [2.45, 2.75) is 38.8 Å². The molecular weight excluding hydrogens is 299 g/mol. The first kappa shape index (κ1) is 17.1. The molecule has 1 atom stereocenters. The van der Waals surface area contributed by atoms with Crippen LogP contribution in [0.3, 0.4) is 0 Å². The van der Waals surface area contributed by atoms with Gasteiger partial charge < -0.3 is 15.4 Å². The molecule has 1 aliphatic carbocycles. The van der Waals surface area contributed by atoms with E-state index < -0.39 is 0 Å². The van der Waals surface area contributed by atoms with Crippen LogP contribution in [0.5, 0.6) is 5.75 Å². The molecule has 20 heavy (non-hydrogen) atoms. The van der Waals surface area contributed by atoms with Crippen molar-refractivity contribution in [3.63, 3.8) is 0 Å². The smallest absolute Gasteiger partial charge is 0.241 e. The van der Waals surface area contributed by atoms with Crippen molar-refractivity contribution in [1.82, 2.24) is 5.32 Å². The second kappa shape index (κ2) is 7.16. The van der Waals surface area contributed by atoms with E-state index in [1.165, 1.54) is 0 Å². The lowest BCUT2D eigenvalue weighted by Crippen LogP contribution is -2.39. The molecule has 1 aliphatic rings. The minimum Gasteiger partial charge on any atom is -0.495 e. The summed E-state index contributed by atoms with van der Waals surface area (Å²) in [6.45, 7) is 3.76. The molecule has 0 spiro atoms. The maximum absolute atomic E-state index is 12.1. The number of benzene rings is 1. The first-order valence-electron chi connectivity index (χ1n) is 6.42. The summed E-state index contributed by atoms with van der Waals surface area (Å²) in [5, 5.41) is 6.76. The zero-order valence-corrected chi connectivity index (χ0v) is 13.4. The van der Waals surface area contributed by atoms with Crippen LogP contribution < -0.4 is 15.4 Å². The van der Waals surface area contributed by atoms with Crippen molar-refractivity contribution in [3.05, 3.63) is 22.7 Å². The highest BCUT2D eigenvalue weighted by Crippen LogP contribution is 2.31. The van der Waals surface area contributed by atoms with Crippen LogP contribution in [0.25, 0.3) is 0 Å². The Morgan fingerprint density at radius 3 is 2.65 bits per heavy atom. The minimum absolute atomic E-state index is 0. The van der Waals surface area contributed by atoms with Gasteiger partial charge in [0.1, 0.15) is 5.75 Å². The molecule has 6 heteroatoms. The molecular formula is C14H20Cl2N2O2. The molecule has 0 aromatic heterocycles. The summed E-state index contributed by atoms with van der Waals surface area (Å²) in [6.07, 6.45) is 2.31. The Morgan fingerprint density at radius 2 is 2.10 bits per heavy atom. The van der Waals surface area contributed by atoms with Crippen molar-refractivity contribution in [2.75, 3.05) is 12.4 Å². The van der Waals surface area contributed by atoms with Crippen LogP contribution in [0.15, 0.2) is 12.1 Å². The summed E-state index contributed by atoms with van der Waals surface area (Å²) in [5.74, 6) is 0.509. The van der Waals surface area contributed by atoms with Crippen molar-refractivity contribution >= 4 is 35.6 Å². The first-order chi connectivity index (χ1) is 9.01. The zero-order chi connectivity index (χ0) is 14.0. The number of carbonyl (C=O) groups is 1. The van der Waals surface area contributed by atoms with Crippen LogP contribution in [0.2, 0.25) is 5.02 Å². The van der Waals surface area contributed by atoms with Gasteiger partial charge in [0.05, 0.1) is 18.8 Å². The Labute approximate surface area is 130 Å². The fraction of sp³-hybridized carbons (Fsp3) is 0.500. The molecule has 1 aromatic rings. The van der Waals surface area contributed by atoms with E-state index in [9.17, 15) is 4.79 Å². The summed E-state index contributed by atoms with van der Waals surface area (Å²) in [5.41, 5.74) is 1.56. The Kier molecular flexibility index (Phi) is 6.11. The minimum atomic E-state index is -0.215. The van der Waals surface area contributed by atoms with Crippen LogP contribution in [-0.2, 0) is 4.79 Å². The van der Waals surface area contributed by atoms with Crippen LogP contribution in [0.1, 0.15) is 25.3 Å². The fourth-order valence-electron chi connectivity index (χ4n) is 1.85. The van der Waals surface area contributed by atoms with E-state index in [1.807, 2.05) is 19.9 Å². The summed E-state index contributed by atoms with van der Waals surface area (Å²) < 4.78 is 5.24. The van der Waals surface area contributed by atoms with Crippen LogP contribution >= 0.6 is 24.0 Å². The number of nitrogens with one attached hydrogen (secondary N) is 2. The average molecular weight is 319 g/mol. The number of hydrogen-bond acceptors (Lipinski definition) is 3. The van der Waals surface area contributed by atoms with Crippen molar-refractivity contribution < 1.29 is 9.53 Å². The van der Waals surface area contributed by atoms with E-state index in [1.54, 1.807) is 13.2 Å². The van der Waals surface area contributed by atoms with Crippen LogP contribution in [0, 0.1) is 6.92 Å². The monoisotopic (exact) mass is 318 g/mol. The Hall–Kier alpha value is -0.970. The molecule has 112 valence electrons. The van der Waals surface area contributed by atoms with E-state index >= 15 is 0 Å². The third kappa shape index (κ3) is 4.27. The quantitative estimate of drug-likeness (QED) is 0.876. The van der Waals surface area contributed by atoms with Gasteiger partial charge in [-0.25, -0.2) is 0 Å². The Bertz CT molecular complexity index is 490. The van der Waals surface area contributed by atoms with Crippen LogP contribution in [-0.4, -0.2) is 25.1 Å². The molecule has 1 unspecified atom stereocenters. The van der Waals surface area contributed by atoms with Crippen molar-refractivity contribution in [2.24, 2.45) is 0 Å². The number of ether oxygens (including phenoxy) is 1. The van der Waals surface area contributed by atoms with Gasteiger partial charge in [0.15, 0.2) is 0 Å². The Morgan fingerprint density at radius 1 is 1.45 bits per heavy atom. The number of rotatable bonds is 5. The van der Waals surface area contributed by atoms with Crippen LogP contribution in [0.4, 0.5) is 5.69 Å². The molecule has 0 bridgehead atoms. The molecule has 1 aromatic carbocycles. The van der Waals surface area contributed by atoms with E-state index in [0.717, 1.165) is 18.4 Å². The number of aryl methyl sites for hydroxylation is 1. The molecule has 1 fully saturated rings. The summed E-state index contributed by atoms with van der Waals surface area (Å²) >= 11 is 6.04. The number of anilines is 1. The number of hydrogen-bond donors (Lipinski definition) is 2. The van der Waals surface area contributed by atoms with Gasteiger partial charge in [0, 0.05) is 17.1 Å². The third-order valence-corrected chi connectivity index (χ3v) is 3.60. The molecule has 2 rings (SSSR count). The molecule has 0 heterocycles. The lowest BCUT2D eigenvalue weighted by molar-refractivity contribution is -0.117. The highest BCUT2D eigenvalue weighted by atomic mass is 35.5. The predicted molar refractivity (Wildman–Crippen MR) is 84.2 cm³/mol. The molecule has 0 aliphatic heterocycles. The van der Waals surface area contributed by atoms with Gasteiger partial charge in [0.25, 0.3) is 0 Å². The highest BCUT2D eigenvalue weighted by Gasteiger charge is 2.26. The predicted octanol–water partition coefficient (Wildman–Crippen LogP) is 3.16. The number of methoxy groups -OCH3 is 1. The van der Waals surface area contributed by atoms with E-state index in [0.29, 0.717) is 22.5 Å². The lowest BCUT2D eigenvalue weighted by atomic mass is 10.2. The van der Waals surface area contributed by atoms with Gasteiger partial charge in [-0.15, -0.1) is 12.4 Å². The molecule has 0 radical (unpaired) electrons. The normalized spacial score (nSPS) is 15.2. The average Bonchev–Trinajstić information content (AvgIpc) is 3.17. The lowest BCUT2D eigenvalue weighted by Gasteiger charge is -2.16. The number of amides is 1. The van der Waals surface area contributed by atoms with Crippen molar-refractivity contribution in [3.8, 4) is 5.75 Å². The van der Waals surface area contributed by atoms with E-state index in [-0.39, 0.29) is 24.4 Å². The Balaban J connectivity index is 0.00000200. The largest absolute Gasteiger partial charge is 0.495 e. The van der Waals surface area contributed by atoms with Gasteiger partial charge in [-0.05, 0) is 38.3 Å². The zero-order valence-electron chi connectivity index (χ0n) is 11.8. The van der Waals surface area contributed by atoms with Crippen molar-refractivity contribution in [1.29, 1.82) is 0 Å². The highest BCUT2D eigenvalue weighted by molar-refractivity contribution is 6.31. The summed E-state index contributed by atoms with van der Waals surface area (Å²) in [7, 11) is 1.56. The van der Waals surface area contributed by atoms with E-state index in [4.69, 9.17) is 16.3 Å². The summed E-state index contributed by atoms with van der Waals surface area (Å²) in [6, 6.07) is 3.82. The number of carbonyl (C=O) groups excluding carboxylic acids is 1. The second-order valence-electron chi connectivity index (χ2n) is 4.95. The molecule has 4 nitrogen and oxygen atoms in total. The second-order valence-corrected chi connectivity index (χ2v) is 5.36. The number of halogens is 2. The maximum atomic E-state index is 12.1. The topological polar surface area (TPSA) is 50.4 Å². The SMILES string of the molecule is COc1cc(Cl)c(C)cc1NC(=O)C(C)NC1CC1.Cl. The van der Waals surface area contributed by atoms with E-state index in [2.05, 4.69) is 10.6 Å².